The lowest BCUT2D eigenvalue weighted by molar-refractivity contribution is -0.124. The maximum Gasteiger partial charge on any atom is 0.338 e. The van der Waals surface area contributed by atoms with Gasteiger partial charge < -0.3 is 19.9 Å². The van der Waals surface area contributed by atoms with E-state index in [1.165, 1.54) is 4.90 Å². The standard InChI is InChI=1S/C28H33ClN4O4S/c1-3-37-27(36)20-4-10-23(11-5-20)33-26(35)24(18-25(34)30-22-8-6-21(29)7-9-22)32(28(33)38)17-16-31-14-12-19(2)13-15-31/h4-11,19,24H,3,12-18H2,1-2H3,(H,30,34)/t24-/m0/s1. The van der Waals surface area contributed by atoms with Gasteiger partial charge in [-0.1, -0.05) is 18.5 Å². The third-order valence-corrected chi connectivity index (χ3v) is 7.66. The first-order valence-corrected chi connectivity index (χ1v) is 13.7. The molecular formula is C28H33ClN4O4S. The molecule has 4 rings (SSSR count). The second-order valence-electron chi connectivity index (χ2n) is 9.72. The Kier molecular flexibility index (Phi) is 9.35. The van der Waals surface area contributed by atoms with Crippen molar-refractivity contribution in [3.8, 4) is 0 Å². The fourth-order valence-electron chi connectivity index (χ4n) is 4.74. The second kappa shape index (κ2) is 12.7. The quantitative estimate of drug-likeness (QED) is 0.357. The first-order chi connectivity index (χ1) is 18.3. The van der Waals surface area contributed by atoms with Gasteiger partial charge in [0.1, 0.15) is 6.04 Å². The maximum atomic E-state index is 13.7. The number of rotatable bonds is 9. The number of anilines is 2. The van der Waals surface area contributed by atoms with Gasteiger partial charge in [-0.25, -0.2) is 4.79 Å². The molecule has 1 N–H and O–H groups in total. The van der Waals surface area contributed by atoms with Crippen molar-refractivity contribution in [3.05, 3.63) is 59.1 Å². The minimum absolute atomic E-state index is 0.0456. The van der Waals surface area contributed by atoms with Crippen LogP contribution in [-0.2, 0) is 14.3 Å². The number of carbonyl (C=O) groups is 3. The van der Waals surface area contributed by atoms with Crippen molar-refractivity contribution in [1.29, 1.82) is 0 Å². The van der Waals surface area contributed by atoms with Crippen molar-refractivity contribution in [3.63, 3.8) is 0 Å². The third-order valence-electron chi connectivity index (χ3n) is 7.00. The lowest BCUT2D eigenvalue weighted by Gasteiger charge is -2.32. The fourth-order valence-corrected chi connectivity index (χ4v) is 5.28. The van der Waals surface area contributed by atoms with Crippen LogP contribution in [0.3, 0.4) is 0 Å². The normalized spacial score (nSPS) is 18.7. The van der Waals surface area contributed by atoms with E-state index < -0.39 is 12.0 Å². The van der Waals surface area contributed by atoms with Crippen molar-refractivity contribution < 1.29 is 19.1 Å². The summed E-state index contributed by atoms with van der Waals surface area (Å²) in [5.41, 5.74) is 1.54. The number of carbonyl (C=O) groups excluding carboxylic acids is 3. The summed E-state index contributed by atoms with van der Waals surface area (Å²) in [6.07, 6.45) is 2.25. The molecule has 2 aliphatic rings. The van der Waals surface area contributed by atoms with Crippen LogP contribution in [0.25, 0.3) is 0 Å². The molecule has 2 aromatic carbocycles. The summed E-state index contributed by atoms with van der Waals surface area (Å²) < 4.78 is 5.05. The lowest BCUT2D eigenvalue weighted by Crippen LogP contribution is -2.44. The number of likely N-dealkylation sites (tertiary alicyclic amines) is 1. The molecule has 2 aliphatic heterocycles. The minimum Gasteiger partial charge on any atom is -0.462 e. The van der Waals surface area contributed by atoms with Crippen LogP contribution in [0.4, 0.5) is 11.4 Å². The molecule has 2 fully saturated rings. The summed E-state index contributed by atoms with van der Waals surface area (Å²) in [5, 5.41) is 3.78. The van der Waals surface area contributed by atoms with Crippen LogP contribution in [0.15, 0.2) is 48.5 Å². The van der Waals surface area contributed by atoms with Crippen LogP contribution in [-0.4, -0.2) is 71.5 Å². The number of hydrogen-bond acceptors (Lipinski definition) is 6. The van der Waals surface area contributed by atoms with Crippen LogP contribution in [0.5, 0.6) is 0 Å². The average Bonchev–Trinajstić information content (AvgIpc) is 3.13. The minimum atomic E-state index is -0.733. The van der Waals surface area contributed by atoms with Gasteiger partial charge in [-0.15, -0.1) is 0 Å². The summed E-state index contributed by atoms with van der Waals surface area (Å²) >= 11 is 11.7. The van der Waals surface area contributed by atoms with Crippen LogP contribution in [0.1, 0.15) is 43.5 Å². The molecule has 8 nitrogen and oxygen atoms in total. The van der Waals surface area contributed by atoms with Crippen LogP contribution in [0, 0.1) is 5.92 Å². The van der Waals surface area contributed by atoms with E-state index in [0.29, 0.717) is 33.6 Å². The molecule has 38 heavy (non-hydrogen) atoms. The van der Waals surface area contributed by atoms with E-state index in [-0.39, 0.29) is 24.8 Å². The van der Waals surface area contributed by atoms with Gasteiger partial charge in [-0.3, -0.25) is 14.5 Å². The van der Waals surface area contributed by atoms with Gasteiger partial charge in [0.05, 0.1) is 24.3 Å². The van der Waals surface area contributed by atoms with Gasteiger partial charge in [0, 0.05) is 23.8 Å². The van der Waals surface area contributed by atoms with E-state index in [4.69, 9.17) is 28.6 Å². The molecule has 0 spiro atoms. The molecule has 2 heterocycles. The molecule has 10 heteroatoms. The van der Waals surface area contributed by atoms with Crippen LogP contribution < -0.4 is 10.2 Å². The molecular weight excluding hydrogens is 524 g/mol. The largest absolute Gasteiger partial charge is 0.462 e. The van der Waals surface area contributed by atoms with E-state index >= 15 is 0 Å². The predicted molar refractivity (Wildman–Crippen MR) is 153 cm³/mol. The molecule has 0 saturated carbocycles. The molecule has 2 saturated heterocycles. The summed E-state index contributed by atoms with van der Waals surface area (Å²) in [7, 11) is 0. The van der Waals surface area contributed by atoms with E-state index in [1.54, 1.807) is 55.5 Å². The van der Waals surface area contributed by atoms with E-state index in [1.807, 2.05) is 4.90 Å². The molecule has 0 aromatic heterocycles. The maximum absolute atomic E-state index is 13.7. The van der Waals surface area contributed by atoms with Gasteiger partial charge in [0.2, 0.25) is 5.91 Å². The molecule has 0 radical (unpaired) electrons. The molecule has 202 valence electrons. The van der Waals surface area contributed by atoms with Crippen LogP contribution >= 0.6 is 23.8 Å². The molecule has 0 aliphatic carbocycles. The van der Waals surface area contributed by atoms with Gasteiger partial charge in [0.15, 0.2) is 5.11 Å². The van der Waals surface area contributed by atoms with Crippen LogP contribution in [0.2, 0.25) is 5.02 Å². The zero-order valence-corrected chi connectivity index (χ0v) is 23.3. The Morgan fingerprint density at radius 1 is 1.05 bits per heavy atom. The number of piperidine rings is 1. The fraction of sp³-hybridized carbons (Fsp3) is 0.429. The summed E-state index contributed by atoms with van der Waals surface area (Å²) in [6.45, 7) is 7.61. The Bertz CT molecular complexity index is 1170. The Morgan fingerprint density at radius 2 is 1.71 bits per heavy atom. The highest BCUT2D eigenvalue weighted by Gasteiger charge is 2.44. The van der Waals surface area contributed by atoms with Gasteiger partial charge in [0.25, 0.3) is 5.91 Å². The Balaban J connectivity index is 1.51. The van der Waals surface area contributed by atoms with Crippen molar-refractivity contribution >= 4 is 58.1 Å². The highest BCUT2D eigenvalue weighted by atomic mass is 35.5. The first kappa shape index (κ1) is 28.0. The predicted octanol–water partition coefficient (Wildman–Crippen LogP) is 4.58. The number of hydrogen-bond donors (Lipinski definition) is 1. The number of esters is 1. The number of halogens is 1. The highest BCUT2D eigenvalue weighted by molar-refractivity contribution is 7.80. The molecule has 1 atom stereocenters. The Morgan fingerprint density at radius 3 is 2.34 bits per heavy atom. The average molecular weight is 557 g/mol. The molecule has 2 amide bonds. The molecule has 0 unspecified atom stereocenters. The number of benzene rings is 2. The number of amides is 2. The van der Waals surface area contributed by atoms with Gasteiger partial charge in [-0.2, -0.15) is 0 Å². The number of nitrogens with zero attached hydrogens (tertiary/aromatic N) is 3. The number of nitrogens with one attached hydrogen (secondary N) is 1. The van der Waals surface area contributed by atoms with Crippen molar-refractivity contribution in [2.45, 2.75) is 39.2 Å². The number of ether oxygens (including phenoxy) is 1. The smallest absolute Gasteiger partial charge is 0.338 e. The molecule has 0 bridgehead atoms. The Labute approximate surface area is 233 Å². The zero-order valence-electron chi connectivity index (χ0n) is 21.7. The van der Waals surface area contributed by atoms with E-state index in [2.05, 4.69) is 17.1 Å². The summed E-state index contributed by atoms with van der Waals surface area (Å²) in [4.78, 5) is 44.4. The monoisotopic (exact) mass is 556 g/mol. The van der Waals surface area contributed by atoms with Crippen molar-refractivity contribution in [2.75, 3.05) is 43.0 Å². The SMILES string of the molecule is CCOC(=O)c1ccc(N2C(=O)[C@H](CC(=O)Nc3ccc(Cl)cc3)N(CCN3CCC(C)CC3)C2=S)cc1. The number of thiocarbonyl (C=S) groups is 1. The summed E-state index contributed by atoms with van der Waals surface area (Å²) in [6, 6.07) is 12.7. The molecule has 2 aromatic rings. The van der Waals surface area contributed by atoms with E-state index in [9.17, 15) is 14.4 Å². The topological polar surface area (TPSA) is 82.2 Å². The lowest BCUT2D eigenvalue weighted by atomic mass is 9.99. The van der Waals surface area contributed by atoms with Crippen molar-refractivity contribution in [2.24, 2.45) is 5.92 Å². The highest BCUT2D eigenvalue weighted by Crippen LogP contribution is 2.28. The van der Waals surface area contributed by atoms with Gasteiger partial charge in [-0.05, 0) is 99.5 Å². The Hall–Kier alpha value is -3.01. The van der Waals surface area contributed by atoms with E-state index in [0.717, 1.165) is 38.4 Å². The van der Waals surface area contributed by atoms with Gasteiger partial charge >= 0.3 is 5.97 Å². The first-order valence-electron chi connectivity index (χ1n) is 13.0. The second-order valence-corrected chi connectivity index (χ2v) is 10.5. The zero-order chi connectivity index (χ0) is 27.2. The van der Waals surface area contributed by atoms with Crippen molar-refractivity contribution in [1.82, 2.24) is 9.80 Å². The third kappa shape index (κ3) is 6.70. The summed E-state index contributed by atoms with van der Waals surface area (Å²) in [5.74, 6) is -0.260.